The third-order valence-electron chi connectivity index (χ3n) is 5.23. The Hall–Kier alpha value is -0.120. The summed E-state index contributed by atoms with van der Waals surface area (Å²) in [6, 6.07) is 0.657. The van der Waals surface area contributed by atoms with Gasteiger partial charge in [0.2, 0.25) is 0 Å². The first-order valence-electron chi connectivity index (χ1n) is 7.37. The van der Waals surface area contributed by atoms with E-state index in [0.717, 1.165) is 19.0 Å². The molecule has 2 unspecified atom stereocenters. The van der Waals surface area contributed by atoms with Gasteiger partial charge in [-0.3, -0.25) is 4.90 Å². The zero-order valence-electron chi connectivity index (χ0n) is 11.8. The van der Waals surface area contributed by atoms with E-state index in [1.807, 2.05) is 0 Å². The number of nitrogens with zero attached hydrogens (tertiary/aromatic N) is 2. The maximum absolute atomic E-state index is 6.23. The van der Waals surface area contributed by atoms with Crippen LogP contribution in [0.15, 0.2) is 0 Å². The van der Waals surface area contributed by atoms with E-state index in [9.17, 15) is 0 Å². The minimum Gasteiger partial charge on any atom is -0.329 e. The summed E-state index contributed by atoms with van der Waals surface area (Å²) in [7, 11) is 0. The number of hydrogen-bond donors (Lipinski definition) is 1. The molecule has 100 valence electrons. The molecular weight excluding hydrogens is 210 g/mol. The summed E-state index contributed by atoms with van der Waals surface area (Å²) in [5.74, 6) is 0.825. The summed E-state index contributed by atoms with van der Waals surface area (Å²) in [5, 5.41) is 0. The summed E-state index contributed by atoms with van der Waals surface area (Å²) in [5.41, 5.74) is 6.49. The summed E-state index contributed by atoms with van der Waals surface area (Å²) < 4.78 is 0. The zero-order valence-corrected chi connectivity index (χ0v) is 11.8. The van der Waals surface area contributed by atoms with Gasteiger partial charge in [-0.2, -0.15) is 0 Å². The molecule has 2 bridgehead atoms. The fourth-order valence-corrected chi connectivity index (χ4v) is 4.10. The van der Waals surface area contributed by atoms with Crippen LogP contribution in [-0.4, -0.2) is 54.1 Å². The molecule has 3 fully saturated rings. The van der Waals surface area contributed by atoms with Crippen molar-refractivity contribution in [2.75, 3.05) is 32.7 Å². The number of piperidine rings is 3. The van der Waals surface area contributed by atoms with E-state index in [0.29, 0.717) is 6.04 Å². The predicted molar refractivity (Wildman–Crippen MR) is 73.1 cm³/mol. The van der Waals surface area contributed by atoms with Gasteiger partial charge in [-0.1, -0.05) is 13.8 Å². The Labute approximate surface area is 106 Å². The first-order valence-corrected chi connectivity index (χ1v) is 7.37. The van der Waals surface area contributed by atoms with E-state index in [-0.39, 0.29) is 5.54 Å². The van der Waals surface area contributed by atoms with Gasteiger partial charge in [-0.25, -0.2) is 0 Å². The molecule has 2 atom stereocenters. The third-order valence-corrected chi connectivity index (χ3v) is 5.23. The largest absolute Gasteiger partial charge is 0.329 e. The van der Waals surface area contributed by atoms with E-state index < -0.39 is 0 Å². The van der Waals surface area contributed by atoms with Crippen LogP contribution in [0.1, 0.15) is 40.0 Å². The molecule has 0 aromatic rings. The molecule has 3 nitrogen and oxygen atoms in total. The first-order chi connectivity index (χ1) is 8.17. The van der Waals surface area contributed by atoms with Crippen LogP contribution in [0.25, 0.3) is 0 Å². The summed E-state index contributed by atoms with van der Waals surface area (Å²) in [6.45, 7) is 12.7. The van der Waals surface area contributed by atoms with Gasteiger partial charge in [-0.05, 0) is 51.7 Å². The molecule has 3 aliphatic rings. The highest BCUT2D eigenvalue weighted by Crippen LogP contribution is 2.40. The quantitative estimate of drug-likeness (QED) is 0.790. The molecule has 3 heteroatoms. The Bertz CT molecular complexity index is 248. The van der Waals surface area contributed by atoms with Crippen LogP contribution in [0.2, 0.25) is 0 Å². The van der Waals surface area contributed by atoms with Gasteiger partial charge in [0.15, 0.2) is 0 Å². The minimum atomic E-state index is 0.265. The maximum Gasteiger partial charge on any atom is 0.0490 e. The van der Waals surface area contributed by atoms with Crippen molar-refractivity contribution in [1.29, 1.82) is 0 Å². The summed E-state index contributed by atoms with van der Waals surface area (Å²) in [4.78, 5) is 5.32. The fraction of sp³-hybridized carbons (Fsp3) is 1.00. The number of rotatable bonds is 5. The zero-order chi connectivity index (χ0) is 12.5. The monoisotopic (exact) mass is 239 g/mol. The van der Waals surface area contributed by atoms with Crippen molar-refractivity contribution >= 4 is 0 Å². The molecule has 0 radical (unpaired) electrons. The van der Waals surface area contributed by atoms with Crippen LogP contribution < -0.4 is 5.73 Å². The van der Waals surface area contributed by atoms with Gasteiger partial charge in [0.1, 0.15) is 0 Å². The fourth-order valence-electron chi connectivity index (χ4n) is 4.10. The maximum atomic E-state index is 6.23. The van der Waals surface area contributed by atoms with Crippen molar-refractivity contribution < 1.29 is 0 Å². The molecule has 0 aromatic carbocycles. The van der Waals surface area contributed by atoms with Crippen LogP contribution in [0.4, 0.5) is 0 Å². The van der Waals surface area contributed by atoms with Crippen molar-refractivity contribution in [3.8, 4) is 0 Å². The second-order valence-corrected chi connectivity index (χ2v) is 5.90. The van der Waals surface area contributed by atoms with Gasteiger partial charge in [0.05, 0.1) is 0 Å². The molecule has 0 amide bonds. The van der Waals surface area contributed by atoms with Gasteiger partial charge >= 0.3 is 0 Å². The lowest BCUT2D eigenvalue weighted by atomic mass is 9.71. The Morgan fingerprint density at radius 3 is 2.35 bits per heavy atom. The molecule has 2 N–H and O–H groups in total. The van der Waals surface area contributed by atoms with Crippen LogP contribution in [-0.2, 0) is 0 Å². The first kappa shape index (κ1) is 13.3. The lowest BCUT2D eigenvalue weighted by molar-refractivity contribution is -0.0810. The van der Waals surface area contributed by atoms with Crippen molar-refractivity contribution in [3.63, 3.8) is 0 Å². The second-order valence-electron chi connectivity index (χ2n) is 5.90. The average molecular weight is 239 g/mol. The molecule has 17 heavy (non-hydrogen) atoms. The number of likely N-dealkylation sites (N-methyl/N-ethyl adjacent to an activating group) is 1. The van der Waals surface area contributed by atoms with Crippen molar-refractivity contribution in [2.24, 2.45) is 11.7 Å². The highest BCUT2D eigenvalue weighted by Gasteiger charge is 2.49. The minimum absolute atomic E-state index is 0.265. The van der Waals surface area contributed by atoms with Crippen molar-refractivity contribution in [3.05, 3.63) is 0 Å². The molecular formula is C14H29N3. The Morgan fingerprint density at radius 2 is 2.00 bits per heavy atom. The van der Waals surface area contributed by atoms with Crippen LogP contribution in [0, 0.1) is 5.92 Å². The van der Waals surface area contributed by atoms with E-state index in [2.05, 4.69) is 30.6 Å². The molecule has 0 aromatic heterocycles. The molecule has 3 heterocycles. The number of hydrogen-bond acceptors (Lipinski definition) is 3. The smallest absolute Gasteiger partial charge is 0.0490 e. The molecule has 0 spiro atoms. The van der Waals surface area contributed by atoms with Gasteiger partial charge in [0.25, 0.3) is 0 Å². The summed E-state index contributed by atoms with van der Waals surface area (Å²) in [6.07, 6.45) is 3.93. The Morgan fingerprint density at radius 1 is 1.35 bits per heavy atom. The topological polar surface area (TPSA) is 32.5 Å². The molecule has 3 aliphatic heterocycles. The van der Waals surface area contributed by atoms with Crippen LogP contribution in [0.5, 0.6) is 0 Å². The Balaban J connectivity index is 2.23. The number of fused-ring (bicyclic) bond motifs is 3. The molecule has 3 rings (SSSR count). The summed E-state index contributed by atoms with van der Waals surface area (Å²) >= 11 is 0. The highest BCUT2D eigenvalue weighted by molar-refractivity contribution is 5.06. The van der Waals surface area contributed by atoms with E-state index >= 15 is 0 Å². The molecule has 3 saturated heterocycles. The van der Waals surface area contributed by atoms with Gasteiger partial charge in [-0.15, -0.1) is 0 Å². The number of nitrogens with two attached hydrogens (primary N) is 1. The lowest BCUT2D eigenvalue weighted by Crippen LogP contribution is -2.71. The average Bonchev–Trinajstić information content (AvgIpc) is 2.40. The SMILES string of the molecule is CCC(C)N(CC)C1(CN)CN2CCC1CC2. The van der Waals surface area contributed by atoms with Crippen molar-refractivity contribution in [2.45, 2.75) is 51.6 Å². The standard InChI is InChI=1S/C14H29N3/c1-4-12(3)17(5-2)14(10-15)11-16-8-6-13(14)7-9-16/h12-13H,4-11,15H2,1-3H3. The normalized spacial score (nSPS) is 38.6. The second kappa shape index (κ2) is 5.25. The third kappa shape index (κ3) is 2.13. The van der Waals surface area contributed by atoms with Crippen LogP contribution in [0.3, 0.4) is 0 Å². The van der Waals surface area contributed by atoms with E-state index in [1.54, 1.807) is 0 Å². The van der Waals surface area contributed by atoms with Crippen molar-refractivity contribution in [1.82, 2.24) is 9.80 Å². The lowest BCUT2D eigenvalue weighted by Gasteiger charge is -2.59. The Kier molecular flexibility index (Phi) is 4.11. The molecule has 0 saturated carbocycles. The highest BCUT2D eigenvalue weighted by atomic mass is 15.3. The van der Waals surface area contributed by atoms with Gasteiger partial charge < -0.3 is 10.6 Å². The van der Waals surface area contributed by atoms with Crippen LogP contribution >= 0.6 is 0 Å². The molecule has 0 aliphatic carbocycles. The van der Waals surface area contributed by atoms with E-state index in [4.69, 9.17) is 5.73 Å². The van der Waals surface area contributed by atoms with E-state index in [1.165, 1.54) is 38.9 Å². The predicted octanol–water partition coefficient (Wildman–Crippen LogP) is 1.53. The van der Waals surface area contributed by atoms with Gasteiger partial charge in [0, 0.05) is 24.7 Å².